The molecular formula is C90H62N8. The minimum absolute atomic E-state index is 0.579. The highest BCUT2D eigenvalue weighted by atomic mass is 15.0. The van der Waals surface area contributed by atoms with Gasteiger partial charge in [0.1, 0.15) is 0 Å². The molecule has 0 radical (unpaired) electrons. The van der Waals surface area contributed by atoms with E-state index in [0.29, 0.717) is 41.4 Å². The molecule has 0 amide bonds. The van der Waals surface area contributed by atoms with Crippen LogP contribution in [0.1, 0.15) is 28.3 Å². The molecule has 0 atom stereocenters. The maximum atomic E-state index is 5.40. The lowest BCUT2D eigenvalue weighted by Gasteiger charge is -2.15. The maximum Gasteiger partial charge on any atom is 0.164 e. The number of fused-ring (bicyclic) bond motifs is 6. The van der Waals surface area contributed by atoms with Crippen molar-refractivity contribution in [1.29, 1.82) is 0 Å². The van der Waals surface area contributed by atoms with Crippen molar-refractivity contribution >= 4 is 43.1 Å². The Morgan fingerprint density at radius 1 is 0.194 bits per heavy atom. The first-order valence-corrected chi connectivity index (χ1v) is 33.1. The Morgan fingerprint density at radius 2 is 0.520 bits per heavy atom. The van der Waals surface area contributed by atoms with E-state index in [4.69, 9.17) is 39.9 Å². The van der Waals surface area contributed by atoms with Crippen LogP contribution in [-0.4, -0.2) is 39.9 Å². The molecule has 0 aliphatic carbocycles. The molecule has 0 spiro atoms. The predicted octanol–water partition coefficient (Wildman–Crippen LogP) is 22.3. The number of aromatic nitrogens is 8. The summed E-state index contributed by atoms with van der Waals surface area (Å²) in [5.41, 5.74) is 21.1. The molecule has 0 unspecified atom stereocenters. The van der Waals surface area contributed by atoms with E-state index in [1.807, 2.05) is 54.6 Å². The van der Waals surface area contributed by atoms with Gasteiger partial charge in [-0.25, -0.2) is 29.9 Å². The first kappa shape index (κ1) is 59.0. The fraction of sp³-hybridized carbons (Fsp3) is 0.0444. The van der Waals surface area contributed by atoms with E-state index in [1.54, 1.807) is 0 Å². The van der Waals surface area contributed by atoms with Crippen LogP contribution in [0.15, 0.2) is 309 Å². The van der Waals surface area contributed by atoms with Gasteiger partial charge >= 0.3 is 0 Å². The molecule has 4 heterocycles. The Bertz CT molecular complexity index is 5860. The van der Waals surface area contributed by atoms with E-state index in [0.717, 1.165) is 117 Å². The van der Waals surface area contributed by atoms with Crippen LogP contribution in [0, 0.1) is 20.8 Å². The summed E-state index contributed by atoms with van der Waals surface area (Å²) in [5, 5.41) is 9.56. The molecule has 0 aliphatic heterocycles. The largest absolute Gasteiger partial charge is 0.258 e. The molecule has 0 bridgehead atoms. The number of benzene rings is 13. The average molecular weight is 1260 g/mol. The van der Waals surface area contributed by atoms with Gasteiger partial charge < -0.3 is 0 Å². The highest BCUT2D eigenvalue weighted by Crippen LogP contribution is 2.42. The first-order chi connectivity index (χ1) is 48.2. The third kappa shape index (κ3) is 11.7. The Balaban J connectivity index is 0.731. The predicted molar refractivity (Wildman–Crippen MR) is 402 cm³/mol. The second kappa shape index (κ2) is 25.2. The second-order valence-electron chi connectivity index (χ2n) is 25.3. The van der Waals surface area contributed by atoms with Gasteiger partial charge in [0.05, 0.1) is 0 Å². The maximum absolute atomic E-state index is 5.40. The van der Waals surface area contributed by atoms with Gasteiger partial charge in [-0.2, -0.15) is 0 Å². The van der Waals surface area contributed by atoms with Gasteiger partial charge in [-0.3, -0.25) is 9.97 Å². The summed E-state index contributed by atoms with van der Waals surface area (Å²) in [6, 6.07) is 109. The smallest absolute Gasteiger partial charge is 0.164 e. The lowest BCUT2D eigenvalue weighted by Crippen LogP contribution is -2.01. The van der Waals surface area contributed by atoms with Crippen LogP contribution >= 0.6 is 0 Å². The number of rotatable bonds is 13. The highest BCUT2D eigenvalue weighted by molar-refractivity contribution is 6.15. The second-order valence-corrected chi connectivity index (χ2v) is 25.3. The van der Waals surface area contributed by atoms with E-state index in [-0.39, 0.29) is 0 Å². The summed E-state index contributed by atoms with van der Waals surface area (Å²) in [7, 11) is 0. The lowest BCUT2D eigenvalue weighted by molar-refractivity contribution is 1.03. The van der Waals surface area contributed by atoms with Crippen molar-refractivity contribution in [1.82, 2.24) is 39.9 Å². The average Bonchev–Trinajstić information content (AvgIpc) is 0.764. The zero-order valence-corrected chi connectivity index (χ0v) is 54.2. The van der Waals surface area contributed by atoms with Gasteiger partial charge in [0.2, 0.25) is 0 Å². The SMILES string of the molecule is Cc1cc(-c2cc(-c3nc(-c4ccccc4)nc(-c4cccc(Cc5cc(-c6ccc(-c7cc(-c8nc(-c9ccccc9)nc(-c9ccccc9)n8)cc(-c8cc9ccccc9c9ccccc89)c7)cc6)cc(C)n5)c4)n3)cc(-c3cc4ccccc4c4ccccc34)c2)cc(C)n1. The number of hydrogen-bond donors (Lipinski definition) is 0. The van der Waals surface area contributed by atoms with E-state index >= 15 is 0 Å². The van der Waals surface area contributed by atoms with E-state index in [9.17, 15) is 0 Å². The monoisotopic (exact) mass is 1250 g/mol. The van der Waals surface area contributed by atoms with Crippen molar-refractivity contribution in [2.45, 2.75) is 27.2 Å². The van der Waals surface area contributed by atoms with E-state index < -0.39 is 0 Å². The Kier molecular flexibility index (Phi) is 15.2. The fourth-order valence-electron chi connectivity index (χ4n) is 13.9. The van der Waals surface area contributed by atoms with Gasteiger partial charge in [0.15, 0.2) is 34.9 Å². The van der Waals surface area contributed by atoms with Gasteiger partial charge in [0, 0.05) is 62.6 Å². The lowest BCUT2D eigenvalue weighted by atomic mass is 9.90. The summed E-state index contributed by atoms with van der Waals surface area (Å²) < 4.78 is 0. The van der Waals surface area contributed by atoms with Crippen molar-refractivity contribution in [2.75, 3.05) is 0 Å². The molecule has 17 rings (SSSR count). The number of aryl methyl sites for hydroxylation is 3. The molecule has 8 nitrogen and oxygen atoms in total. The minimum atomic E-state index is 0.579. The van der Waals surface area contributed by atoms with E-state index in [1.165, 1.54) is 43.1 Å². The summed E-state index contributed by atoms with van der Waals surface area (Å²) in [4.78, 5) is 41.4. The van der Waals surface area contributed by atoms with Crippen LogP contribution in [0.3, 0.4) is 0 Å². The quantitative estimate of drug-likeness (QED) is 0.105. The molecule has 462 valence electrons. The minimum Gasteiger partial charge on any atom is -0.258 e. The molecular weight excluding hydrogens is 1190 g/mol. The van der Waals surface area contributed by atoms with Crippen molar-refractivity contribution in [3.8, 4) is 124 Å². The normalized spacial score (nSPS) is 11.5. The van der Waals surface area contributed by atoms with Crippen LogP contribution < -0.4 is 0 Å². The van der Waals surface area contributed by atoms with Crippen molar-refractivity contribution in [3.05, 3.63) is 338 Å². The standard InChI is InChI=1S/C90H62N8/c1-56-42-68(43-57(2)91-56)71-48-73(84-55-66-30-14-16-33-78(66)80-35-18-20-37-82(80)84)52-75(50-71)90-97-87(64-27-11-6-12-28-64)94-88(98-90)67-31-21-22-59(45-67)46-76-53-69(44-58(3)92-76)60-38-40-61(41-39-60)70-47-72(83-54-65-29-13-15-32-77(65)79-34-17-19-36-81(79)83)51-74(49-70)89-95-85(62-23-7-4-8-24-62)93-86(96-89)63-25-9-5-10-26-63/h4-45,47-55H,46H2,1-3H3. The Labute approximate surface area is 568 Å². The summed E-state index contributed by atoms with van der Waals surface area (Å²) in [6.45, 7) is 6.18. The third-order valence-electron chi connectivity index (χ3n) is 18.5. The molecule has 0 saturated heterocycles. The Hall–Kier alpha value is -12.8. The van der Waals surface area contributed by atoms with Gasteiger partial charge in [-0.1, -0.05) is 231 Å². The molecule has 8 heteroatoms. The van der Waals surface area contributed by atoms with Crippen molar-refractivity contribution < 1.29 is 0 Å². The highest BCUT2D eigenvalue weighted by Gasteiger charge is 2.21. The molecule has 0 N–H and O–H groups in total. The molecule has 4 aromatic heterocycles. The van der Waals surface area contributed by atoms with Gasteiger partial charge in [0.25, 0.3) is 0 Å². The molecule has 98 heavy (non-hydrogen) atoms. The number of hydrogen-bond acceptors (Lipinski definition) is 8. The first-order valence-electron chi connectivity index (χ1n) is 33.1. The molecule has 13 aromatic carbocycles. The molecule has 17 aromatic rings. The number of nitrogens with zero attached hydrogens (tertiary/aromatic N) is 8. The van der Waals surface area contributed by atoms with Crippen LogP contribution in [0.4, 0.5) is 0 Å². The van der Waals surface area contributed by atoms with Crippen LogP contribution in [0.5, 0.6) is 0 Å². The molecule has 0 aliphatic rings. The van der Waals surface area contributed by atoms with Crippen LogP contribution in [0.25, 0.3) is 167 Å². The van der Waals surface area contributed by atoms with Crippen molar-refractivity contribution in [2.24, 2.45) is 0 Å². The fourth-order valence-corrected chi connectivity index (χ4v) is 13.9. The Morgan fingerprint density at radius 3 is 0.980 bits per heavy atom. The number of pyridine rings is 2. The van der Waals surface area contributed by atoms with Crippen LogP contribution in [0.2, 0.25) is 0 Å². The summed E-state index contributed by atoms with van der Waals surface area (Å²) >= 11 is 0. The zero-order chi connectivity index (χ0) is 65.6. The summed E-state index contributed by atoms with van der Waals surface area (Å²) in [5.74, 6) is 3.57. The van der Waals surface area contributed by atoms with Crippen LogP contribution in [-0.2, 0) is 6.42 Å². The van der Waals surface area contributed by atoms with Gasteiger partial charge in [-0.15, -0.1) is 0 Å². The zero-order valence-electron chi connectivity index (χ0n) is 54.2. The summed E-state index contributed by atoms with van der Waals surface area (Å²) in [6.07, 6.45) is 0.591. The molecule has 0 fully saturated rings. The van der Waals surface area contributed by atoms with E-state index in [2.05, 4.69) is 276 Å². The molecule has 0 saturated carbocycles. The topological polar surface area (TPSA) is 103 Å². The third-order valence-corrected chi connectivity index (χ3v) is 18.5. The van der Waals surface area contributed by atoms with Gasteiger partial charge in [-0.05, 0) is 204 Å². The van der Waals surface area contributed by atoms with Crippen molar-refractivity contribution in [3.63, 3.8) is 0 Å².